The summed E-state index contributed by atoms with van der Waals surface area (Å²) < 4.78 is 0. The standard InChI is InChI=1S/C23H23N3O2/c1-17-8-10-18(11-9-17)13-25-22(27)20-12-21(15-24-14-20)23(28)26(2)16-19-6-4-3-5-7-19/h3-12,14-15H,13,16H2,1-2H3,(H,25,27). The van der Waals surface area contributed by atoms with Gasteiger partial charge in [-0.05, 0) is 24.1 Å². The minimum atomic E-state index is -0.256. The summed E-state index contributed by atoms with van der Waals surface area (Å²) in [5.74, 6) is -0.432. The Bertz CT molecular complexity index is 953. The summed E-state index contributed by atoms with van der Waals surface area (Å²) in [6.45, 7) is 2.93. The SMILES string of the molecule is Cc1ccc(CNC(=O)c2cncc(C(=O)N(C)Cc3ccccc3)c2)cc1. The van der Waals surface area contributed by atoms with Crippen LogP contribution in [0.4, 0.5) is 0 Å². The highest BCUT2D eigenvalue weighted by molar-refractivity contribution is 5.99. The van der Waals surface area contributed by atoms with E-state index in [1.165, 1.54) is 18.0 Å². The maximum absolute atomic E-state index is 12.7. The fourth-order valence-electron chi connectivity index (χ4n) is 2.82. The molecule has 5 heteroatoms. The third-order valence-electron chi connectivity index (χ3n) is 4.43. The number of rotatable bonds is 6. The monoisotopic (exact) mass is 373 g/mol. The Balaban J connectivity index is 1.64. The number of pyridine rings is 1. The summed E-state index contributed by atoms with van der Waals surface area (Å²) in [4.78, 5) is 30.8. The number of benzene rings is 2. The smallest absolute Gasteiger partial charge is 0.255 e. The van der Waals surface area contributed by atoms with Crippen molar-refractivity contribution in [1.82, 2.24) is 15.2 Å². The summed E-state index contributed by atoms with van der Waals surface area (Å²) in [6, 6.07) is 19.3. The highest BCUT2D eigenvalue weighted by Gasteiger charge is 2.15. The van der Waals surface area contributed by atoms with Crippen molar-refractivity contribution < 1.29 is 9.59 Å². The topological polar surface area (TPSA) is 62.3 Å². The summed E-state index contributed by atoms with van der Waals surface area (Å²) in [5.41, 5.74) is 3.98. The molecule has 2 amide bonds. The molecule has 3 aromatic rings. The minimum Gasteiger partial charge on any atom is -0.348 e. The first-order chi connectivity index (χ1) is 13.5. The van der Waals surface area contributed by atoms with Crippen molar-refractivity contribution in [2.45, 2.75) is 20.0 Å². The van der Waals surface area contributed by atoms with E-state index in [0.717, 1.165) is 11.1 Å². The Labute approximate surface area is 165 Å². The summed E-state index contributed by atoms with van der Waals surface area (Å²) >= 11 is 0. The molecule has 0 atom stereocenters. The highest BCUT2D eigenvalue weighted by atomic mass is 16.2. The van der Waals surface area contributed by atoms with E-state index in [2.05, 4.69) is 10.3 Å². The third-order valence-corrected chi connectivity index (χ3v) is 4.43. The summed E-state index contributed by atoms with van der Waals surface area (Å²) in [5, 5.41) is 2.87. The van der Waals surface area contributed by atoms with Gasteiger partial charge in [0.1, 0.15) is 0 Å². The molecule has 0 aliphatic heterocycles. The number of carbonyl (C=O) groups excluding carboxylic acids is 2. The van der Waals surface area contributed by atoms with Crippen molar-refractivity contribution in [2.75, 3.05) is 7.05 Å². The molecule has 0 saturated carbocycles. The number of carbonyl (C=O) groups is 2. The van der Waals surface area contributed by atoms with Gasteiger partial charge in [0.2, 0.25) is 0 Å². The first kappa shape index (κ1) is 19.3. The van der Waals surface area contributed by atoms with E-state index in [9.17, 15) is 9.59 Å². The lowest BCUT2D eigenvalue weighted by atomic mass is 10.1. The average Bonchev–Trinajstić information content (AvgIpc) is 2.73. The number of aromatic nitrogens is 1. The Hall–Kier alpha value is -3.47. The van der Waals surface area contributed by atoms with Crippen molar-refractivity contribution in [1.29, 1.82) is 0 Å². The first-order valence-electron chi connectivity index (χ1n) is 9.11. The molecule has 0 aliphatic rings. The molecule has 0 bridgehead atoms. The van der Waals surface area contributed by atoms with Gasteiger partial charge in [-0.3, -0.25) is 14.6 Å². The Morgan fingerprint density at radius 3 is 2.32 bits per heavy atom. The molecule has 0 unspecified atom stereocenters. The predicted molar refractivity (Wildman–Crippen MR) is 109 cm³/mol. The van der Waals surface area contributed by atoms with Crippen LogP contribution in [0.15, 0.2) is 73.1 Å². The van der Waals surface area contributed by atoms with Gasteiger partial charge >= 0.3 is 0 Å². The van der Waals surface area contributed by atoms with Crippen LogP contribution in [0.5, 0.6) is 0 Å². The van der Waals surface area contributed by atoms with Gasteiger partial charge in [-0.2, -0.15) is 0 Å². The van der Waals surface area contributed by atoms with Crippen LogP contribution >= 0.6 is 0 Å². The molecule has 2 aromatic carbocycles. The van der Waals surface area contributed by atoms with E-state index in [-0.39, 0.29) is 11.8 Å². The van der Waals surface area contributed by atoms with Gasteiger partial charge < -0.3 is 10.2 Å². The molecule has 0 aliphatic carbocycles. The fraction of sp³-hybridized carbons (Fsp3) is 0.174. The molecule has 0 spiro atoms. The number of nitrogens with zero attached hydrogens (tertiary/aromatic N) is 2. The number of amides is 2. The van der Waals surface area contributed by atoms with Gasteiger partial charge in [-0.15, -0.1) is 0 Å². The third kappa shape index (κ3) is 5.04. The van der Waals surface area contributed by atoms with Crippen LogP contribution in [0.25, 0.3) is 0 Å². The molecule has 5 nitrogen and oxygen atoms in total. The van der Waals surface area contributed by atoms with Gasteiger partial charge in [0.25, 0.3) is 11.8 Å². The van der Waals surface area contributed by atoms with Crippen LogP contribution in [-0.2, 0) is 13.1 Å². The Kier molecular flexibility index (Phi) is 6.17. The van der Waals surface area contributed by atoms with Gasteiger partial charge in [-0.1, -0.05) is 60.2 Å². The van der Waals surface area contributed by atoms with E-state index < -0.39 is 0 Å². The molecule has 1 heterocycles. The van der Waals surface area contributed by atoms with Gasteiger partial charge in [0.15, 0.2) is 0 Å². The van der Waals surface area contributed by atoms with Crippen LogP contribution in [0.2, 0.25) is 0 Å². The second-order valence-electron chi connectivity index (χ2n) is 6.78. The van der Waals surface area contributed by atoms with Crippen LogP contribution in [0, 0.1) is 6.92 Å². The van der Waals surface area contributed by atoms with Crippen LogP contribution in [0.3, 0.4) is 0 Å². The van der Waals surface area contributed by atoms with Gasteiger partial charge in [0.05, 0.1) is 11.1 Å². The molecule has 0 saturated heterocycles. The van der Waals surface area contributed by atoms with E-state index in [1.54, 1.807) is 18.0 Å². The number of nitrogens with one attached hydrogen (secondary N) is 1. The van der Waals surface area contributed by atoms with Crippen LogP contribution < -0.4 is 5.32 Å². The molecule has 0 fully saturated rings. The van der Waals surface area contributed by atoms with Crippen molar-refractivity contribution in [3.8, 4) is 0 Å². The molecular weight excluding hydrogens is 350 g/mol. The highest BCUT2D eigenvalue weighted by Crippen LogP contribution is 2.10. The van der Waals surface area contributed by atoms with E-state index in [4.69, 9.17) is 0 Å². The molecule has 142 valence electrons. The molecular formula is C23H23N3O2. The maximum atomic E-state index is 12.7. The Morgan fingerprint density at radius 1 is 0.929 bits per heavy atom. The van der Waals surface area contributed by atoms with Crippen molar-refractivity contribution in [2.24, 2.45) is 0 Å². The molecule has 1 aromatic heterocycles. The van der Waals surface area contributed by atoms with E-state index in [0.29, 0.717) is 24.2 Å². The zero-order chi connectivity index (χ0) is 19.9. The number of aryl methyl sites for hydroxylation is 1. The van der Waals surface area contributed by atoms with Crippen LogP contribution in [-0.4, -0.2) is 28.7 Å². The summed E-state index contributed by atoms with van der Waals surface area (Å²) in [6.07, 6.45) is 2.96. The largest absolute Gasteiger partial charge is 0.348 e. The first-order valence-corrected chi connectivity index (χ1v) is 9.11. The lowest BCUT2D eigenvalue weighted by Crippen LogP contribution is -2.27. The normalized spacial score (nSPS) is 10.4. The quantitative estimate of drug-likeness (QED) is 0.718. The molecule has 28 heavy (non-hydrogen) atoms. The lowest BCUT2D eigenvalue weighted by Gasteiger charge is -2.17. The number of hydrogen-bond donors (Lipinski definition) is 1. The van der Waals surface area contributed by atoms with Crippen LogP contribution in [0.1, 0.15) is 37.4 Å². The second kappa shape index (κ2) is 8.95. The fourth-order valence-corrected chi connectivity index (χ4v) is 2.82. The summed E-state index contributed by atoms with van der Waals surface area (Å²) in [7, 11) is 1.74. The lowest BCUT2D eigenvalue weighted by molar-refractivity contribution is 0.0784. The molecule has 3 rings (SSSR count). The number of hydrogen-bond acceptors (Lipinski definition) is 3. The minimum absolute atomic E-state index is 0.176. The zero-order valence-corrected chi connectivity index (χ0v) is 16.1. The van der Waals surface area contributed by atoms with E-state index >= 15 is 0 Å². The zero-order valence-electron chi connectivity index (χ0n) is 16.1. The average molecular weight is 373 g/mol. The molecule has 0 radical (unpaired) electrons. The Morgan fingerprint density at radius 2 is 1.61 bits per heavy atom. The maximum Gasteiger partial charge on any atom is 0.255 e. The van der Waals surface area contributed by atoms with Crippen molar-refractivity contribution >= 4 is 11.8 Å². The van der Waals surface area contributed by atoms with Crippen molar-refractivity contribution in [3.05, 3.63) is 101 Å². The van der Waals surface area contributed by atoms with Gasteiger partial charge in [-0.25, -0.2) is 0 Å². The van der Waals surface area contributed by atoms with Crippen molar-refractivity contribution in [3.63, 3.8) is 0 Å². The van der Waals surface area contributed by atoms with E-state index in [1.807, 2.05) is 61.5 Å². The van der Waals surface area contributed by atoms with Gasteiger partial charge in [0, 0.05) is 32.5 Å². The predicted octanol–water partition coefficient (Wildman–Crippen LogP) is 3.59. The second-order valence-corrected chi connectivity index (χ2v) is 6.78. The molecule has 1 N–H and O–H groups in total.